The molecule has 1 heterocycles. The summed E-state index contributed by atoms with van der Waals surface area (Å²) < 4.78 is 0. The first-order valence-corrected chi connectivity index (χ1v) is 7.84. The van der Waals surface area contributed by atoms with E-state index in [1.807, 2.05) is 0 Å². The van der Waals surface area contributed by atoms with Crippen LogP contribution in [0.4, 0.5) is 0 Å². The molecule has 0 aromatic heterocycles. The molecule has 2 heteroatoms. The molecule has 0 bridgehead atoms. The SMILES string of the molecule is CCCCN1CCN(Cc2ccc(CC)cc2)CC1. The zero-order valence-corrected chi connectivity index (χ0v) is 12.6. The Hall–Kier alpha value is -0.860. The van der Waals surface area contributed by atoms with Crippen molar-refractivity contribution in [2.75, 3.05) is 32.7 Å². The van der Waals surface area contributed by atoms with Crippen LogP contribution < -0.4 is 0 Å². The molecule has 106 valence electrons. The molecule has 1 saturated heterocycles. The van der Waals surface area contributed by atoms with E-state index in [2.05, 4.69) is 47.9 Å². The molecule has 0 unspecified atom stereocenters. The monoisotopic (exact) mass is 260 g/mol. The highest BCUT2D eigenvalue weighted by Crippen LogP contribution is 2.11. The van der Waals surface area contributed by atoms with E-state index < -0.39 is 0 Å². The van der Waals surface area contributed by atoms with E-state index in [9.17, 15) is 0 Å². The van der Waals surface area contributed by atoms with Gasteiger partial charge >= 0.3 is 0 Å². The van der Waals surface area contributed by atoms with Crippen LogP contribution in [0.5, 0.6) is 0 Å². The molecular formula is C17H28N2. The van der Waals surface area contributed by atoms with Gasteiger partial charge in [-0.15, -0.1) is 0 Å². The minimum atomic E-state index is 1.12. The van der Waals surface area contributed by atoms with Crippen molar-refractivity contribution in [2.24, 2.45) is 0 Å². The van der Waals surface area contributed by atoms with Gasteiger partial charge in [0.1, 0.15) is 0 Å². The highest BCUT2D eigenvalue weighted by Gasteiger charge is 2.16. The smallest absolute Gasteiger partial charge is 0.0234 e. The molecule has 0 saturated carbocycles. The molecule has 0 aliphatic carbocycles. The lowest BCUT2D eigenvalue weighted by Crippen LogP contribution is -2.46. The minimum Gasteiger partial charge on any atom is -0.301 e. The maximum absolute atomic E-state index is 2.61. The van der Waals surface area contributed by atoms with Gasteiger partial charge < -0.3 is 4.90 Å². The first-order chi connectivity index (χ1) is 9.31. The van der Waals surface area contributed by atoms with E-state index in [1.54, 1.807) is 0 Å². The lowest BCUT2D eigenvalue weighted by atomic mass is 10.1. The number of unbranched alkanes of at least 4 members (excludes halogenated alkanes) is 1. The molecule has 1 fully saturated rings. The molecule has 0 spiro atoms. The second-order valence-electron chi connectivity index (χ2n) is 5.64. The average Bonchev–Trinajstić information content (AvgIpc) is 2.47. The van der Waals surface area contributed by atoms with E-state index >= 15 is 0 Å². The summed E-state index contributed by atoms with van der Waals surface area (Å²) in [5, 5.41) is 0. The molecule has 0 amide bonds. The van der Waals surface area contributed by atoms with E-state index in [-0.39, 0.29) is 0 Å². The highest BCUT2D eigenvalue weighted by atomic mass is 15.3. The van der Waals surface area contributed by atoms with Crippen molar-refractivity contribution in [1.82, 2.24) is 9.80 Å². The Labute approximate surface area is 118 Å². The first kappa shape index (κ1) is 14.5. The third kappa shape index (κ3) is 4.63. The van der Waals surface area contributed by atoms with Crippen LogP contribution in [-0.2, 0) is 13.0 Å². The second kappa shape index (κ2) is 7.66. The van der Waals surface area contributed by atoms with Crippen molar-refractivity contribution < 1.29 is 0 Å². The van der Waals surface area contributed by atoms with Crippen molar-refractivity contribution in [3.05, 3.63) is 35.4 Å². The van der Waals surface area contributed by atoms with Crippen LogP contribution in [0.1, 0.15) is 37.8 Å². The average molecular weight is 260 g/mol. The van der Waals surface area contributed by atoms with Gasteiger partial charge in [0, 0.05) is 32.7 Å². The Morgan fingerprint density at radius 1 is 0.842 bits per heavy atom. The van der Waals surface area contributed by atoms with Crippen LogP contribution in [0.25, 0.3) is 0 Å². The minimum absolute atomic E-state index is 1.12. The van der Waals surface area contributed by atoms with Crippen LogP contribution in [0.15, 0.2) is 24.3 Å². The maximum Gasteiger partial charge on any atom is 0.0234 e. The Morgan fingerprint density at radius 3 is 2.00 bits per heavy atom. The molecule has 1 aromatic rings. The van der Waals surface area contributed by atoms with Gasteiger partial charge in [0.05, 0.1) is 0 Å². The fourth-order valence-corrected chi connectivity index (χ4v) is 2.69. The lowest BCUT2D eigenvalue weighted by Gasteiger charge is -2.34. The van der Waals surface area contributed by atoms with Gasteiger partial charge in [-0.2, -0.15) is 0 Å². The summed E-state index contributed by atoms with van der Waals surface area (Å²) in [6.07, 6.45) is 3.79. The standard InChI is InChI=1S/C17H28N2/c1-3-5-10-18-11-13-19(14-12-18)15-17-8-6-16(4-2)7-9-17/h6-9H,3-5,10-15H2,1-2H3. The highest BCUT2D eigenvalue weighted by molar-refractivity contribution is 5.22. The largest absolute Gasteiger partial charge is 0.301 e. The second-order valence-corrected chi connectivity index (χ2v) is 5.64. The molecule has 0 atom stereocenters. The van der Waals surface area contributed by atoms with Crippen molar-refractivity contribution in [2.45, 2.75) is 39.7 Å². The van der Waals surface area contributed by atoms with Gasteiger partial charge in [-0.05, 0) is 30.5 Å². The summed E-state index contributed by atoms with van der Waals surface area (Å²) in [6, 6.07) is 9.13. The molecule has 1 aliphatic rings. The Morgan fingerprint density at radius 2 is 1.42 bits per heavy atom. The molecule has 2 nitrogen and oxygen atoms in total. The van der Waals surface area contributed by atoms with Crippen molar-refractivity contribution in [3.8, 4) is 0 Å². The van der Waals surface area contributed by atoms with Crippen LogP contribution in [0.2, 0.25) is 0 Å². The fraction of sp³-hybridized carbons (Fsp3) is 0.647. The van der Waals surface area contributed by atoms with Crippen molar-refractivity contribution in [1.29, 1.82) is 0 Å². The van der Waals surface area contributed by atoms with Gasteiger partial charge in [-0.1, -0.05) is 44.5 Å². The topological polar surface area (TPSA) is 6.48 Å². The van der Waals surface area contributed by atoms with Crippen LogP contribution >= 0.6 is 0 Å². The molecular weight excluding hydrogens is 232 g/mol. The van der Waals surface area contributed by atoms with Gasteiger partial charge in [-0.3, -0.25) is 4.90 Å². The molecule has 1 aliphatic heterocycles. The summed E-state index contributed by atoms with van der Waals surface area (Å²) in [4.78, 5) is 5.20. The van der Waals surface area contributed by atoms with Gasteiger partial charge in [0.15, 0.2) is 0 Å². The maximum atomic E-state index is 2.61. The van der Waals surface area contributed by atoms with E-state index in [0.29, 0.717) is 0 Å². The summed E-state index contributed by atoms with van der Waals surface area (Å²) in [5.41, 5.74) is 2.90. The predicted molar refractivity (Wildman–Crippen MR) is 82.4 cm³/mol. The summed E-state index contributed by atoms with van der Waals surface area (Å²) in [6.45, 7) is 11.8. The van der Waals surface area contributed by atoms with Crippen LogP contribution in [0, 0.1) is 0 Å². The van der Waals surface area contributed by atoms with Gasteiger partial charge in [0.25, 0.3) is 0 Å². The lowest BCUT2D eigenvalue weighted by molar-refractivity contribution is 0.126. The van der Waals surface area contributed by atoms with E-state index in [1.165, 1.54) is 56.7 Å². The number of nitrogens with zero attached hydrogens (tertiary/aromatic N) is 2. The van der Waals surface area contributed by atoms with Gasteiger partial charge in [0.2, 0.25) is 0 Å². The molecule has 19 heavy (non-hydrogen) atoms. The predicted octanol–water partition coefficient (Wildman–Crippen LogP) is 3.17. The number of hydrogen-bond acceptors (Lipinski definition) is 2. The Balaban J connectivity index is 1.75. The normalized spacial score (nSPS) is 17.8. The third-order valence-electron chi connectivity index (χ3n) is 4.13. The van der Waals surface area contributed by atoms with Crippen LogP contribution in [-0.4, -0.2) is 42.5 Å². The van der Waals surface area contributed by atoms with Crippen molar-refractivity contribution in [3.63, 3.8) is 0 Å². The molecule has 1 aromatic carbocycles. The molecule has 0 N–H and O–H groups in total. The number of benzene rings is 1. The van der Waals surface area contributed by atoms with Crippen molar-refractivity contribution >= 4 is 0 Å². The quantitative estimate of drug-likeness (QED) is 0.775. The number of hydrogen-bond donors (Lipinski definition) is 0. The zero-order valence-electron chi connectivity index (χ0n) is 12.6. The van der Waals surface area contributed by atoms with Gasteiger partial charge in [-0.25, -0.2) is 0 Å². The third-order valence-corrected chi connectivity index (χ3v) is 4.13. The van der Waals surface area contributed by atoms with E-state index in [0.717, 1.165) is 13.0 Å². The summed E-state index contributed by atoms with van der Waals surface area (Å²) >= 11 is 0. The van der Waals surface area contributed by atoms with E-state index in [4.69, 9.17) is 0 Å². The number of rotatable bonds is 6. The van der Waals surface area contributed by atoms with Crippen LogP contribution in [0.3, 0.4) is 0 Å². The fourth-order valence-electron chi connectivity index (χ4n) is 2.69. The Kier molecular flexibility index (Phi) is 5.87. The summed E-state index contributed by atoms with van der Waals surface area (Å²) in [5.74, 6) is 0. The summed E-state index contributed by atoms with van der Waals surface area (Å²) in [7, 11) is 0. The Bertz CT molecular complexity index is 350. The molecule has 2 rings (SSSR count). The number of aryl methyl sites for hydroxylation is 1. The first-order valence-electron chi connectivity index (χ1n) is 7.84. The zero-order chi connectivity index (χ0) is 13.5. The molecule has 0 radical (unpaired) electrons. The number of piperazine rings is 1.